The van der Waals surface area contributed by atoms with Crippen LogP contribution in [0.15, 0.2) is 63.8 Å². The van der Waals surface area contributed by atoms with E-state index in [0.717, 1.165) is 42.0 Å². The number of rotatable bonds is 16. The largest absolute Gasteiger partial charge is 0.477 e. The molecule has 0 saturated carbocycles. The van der Waals surface area contributed by atoms with E-state index in [1.807, 2.05) is 24.5 Å². The number of quaternary nitrogens is 1. The molecule has 1 aromatic carbocycles. The number of hydrogen-bond acceptors (Lipinski definition) is 9. The molecule has 3 N–H and O–H groups in total. The summed E-state index contributed by atoms with van der Waals surface area (Å²) in [7, 11) is -3.98. The molecule has 266 valence electrons. The van der Waals surface area contributed by atoms with Crippen molar-refractivity contribution in [3.63, 3.8) is 0 Å². The molecule has 2 atom stereocenters. The van der Waals surface area contributed by atoms with Crippen LogP contribution in [0.2, 0.25) is 10.0 Å². The summed E-state index contributed by atoms with van der Waals surface area (Å²) in [5.41, 5.74) is 0.628. The number of carbonyl (C=O) groups excluding carboxylic acids is 2. The molecule has 0 bridgehead atoms. The van der Waals surface area contributed by atoms with Crippen LogP contribution in [0.3, 0.4) is 0 Å². The molecule has 2 fully saturated rings. The molecule has 0 radical (unpaired) electrons. The summed E-state index contributed by atoms with van der Waals surface area (Å²) in [5, 5.41) is 13.3. The smallest absolute Gasteiger partial charge is 0.352 e. The third kappa shape index (κ3) is 10.3. The van der Waals surface area contributed by atoms with Crippen molar-refractivity contribution in [2.75, 3.05) is 62.4 Å². The van der Waals surface area contributed by atoms with Gasteiger partial charge in [0.05, 0.1) is 49.3 Å². The maximum Gasteiger partial charge on any atom is 0.352 e. The summed E-state index contributed by atoms with van der Waals surface area (Å²) in [6, 6.07) is 8.11. The first-order valence-corrected chi connectivity index (χ1v) is 21.0. The Hall–Kier alpha value is -2.02. The standard InChI is InChI=1S/C31H36Cl2N4O8S4/c32-22-3-4-24(33)25(17-22)47-20-26(38)34-27-29(39)36-28(31(40)41)21(19-48-30(27)36)18-46-23-5-8-35(9-6-23)7-1-10-37(12-14-45-15-13-37)11-2-16-49(42,43)44/h3-6,8-9,17,27,30H,1-2,7,10-16,18-20H2,(H-2,34,38,40,41,42,43,44)/p+2/t27-,30+/m0/s1. The summed E-state index contributed by atoms with van der Waals surface area (Å²) in [5.74, 6) is -1.37. The molecule has 3 aliphatic rings. The second-order valence-electron chi connectivity index (χ2n) is 12.0. The van der Waals surface area contributed by atoms with Gasteiger partial charge >= 0.3 is 5.97 Å². The first-order valence-electron chi connectivity index (χ1n) is 15.6. The predicted octanol–water partition coefficient (Wildman–Crippen LogP) is 3.42. The number of carbonyl (C=O) groups is 3. The molecule has 2 saturated heterocycles. The molecule has 2 aromatic rings. The quantitative estimate of drug-likeness (QED) is 0.0754. The minimum absolute atomic E-state index is 0.0189. The van der Waals surface area contributed by atoms with Crippen molar-refractivity contribution < 1.29 is 46.2 Å². The molecule has 49 heavy (non-hydrogen) atoms. The van der Waals surface area contributed by atoms with E-state index in [4.69, 9.17) is 32.5 Å². The van der Waals surface area contributed by atoms with E-state index in [1.165, 1.54) is 40.2 Å². The highest BCUT2D eigenvalue weighted by molar-refractivity contribution is 8.01. The van der Waals surface area contributed by atoms with E-state index >= 15 is 0 Å². The number of aliphatic carboxylic acids is 1. The fraction of sp³-hybridized carbons (Fsp3) is 0.484. The van der Waals surface area contributed by atoms with Gasteiger partial charge in [-0.2, -0.15) is 8.42 Å². The Balaban J connectivity index is 1.11. The van der Waals surface area contributed by atoms with Gasteiger partial charge in [0.15, 0.2) is 18.9 Å². The lowest BCUT2D eigenvalue weighted by molar-refractivity contribution is -0.937. The van der Waals surface area contributed by atoms with Gasteiger partial charge in [0.2, 0.25) is 5.91 Å². The number of ether oxygens (including phenoxy) is 1. The maximum absolute atomic E-state index is 13.1. The van der Waals surface area contributed by atoms with Crippen molar-refractivity contribution in [3.05, 3.63) is 64.0 Å². The zero-order valence-corrected chi connectivity index (χ0v) is 31.2. The highest BCUT2D eigenvalue weighted by Gasteiger charge is 2.54. The number of amides is 2. The number of nitrogens with one attached hydrogen (secondary N) is 1. The average Bonchev–Trinajstić information content (AvgIpc) is 3.06. The molecule has 0 spiro atoms. The number of carboxylic acids is 1. The van der Waals surface area contributed by atoms with Crippen LogP contribution in [0.1, 0.15) is 12.8 Å². The Kier molecular flexibility index (Phi) is 13.3. The van der Waals surface area contributed by atoms with Crippen LogP contribution in [-0.2, 0) is 35.8 Å². The molecule has 5 rings (SSSR count). The summed E-state index contributed by atoms with van der Waals surface area (Å²) >= 11 is 16.3. The number of aromatic nitrogens is 1. The lowest BCUT2D eigenvalue weighted by Gasteiger charge is -2.49. The molecule has 4 heterocycles. The molecular formula is C31H38Cl2N4O8S4+2. The number of carboxylic acid groups (broad SMARTS) is 1. The van der Waals surface area contributed by atoms with Gasteiger partial charge in [-0.3, -0.25) is 19.0 Å². The van der Waals surface area contributed by atoms with Crippen molar-refractivity contribution in [1.29, 1.82) is 0 Å². The van der Waals surface area contributed by atoms with Crippen LogP contribution in [0.5, 0.6) is 0 Å². The van der Waals surface area contributed by atoms with Gasteiger partial charge in [0.1, 0.15) is 30.2 Å². The van der Waals surface area contributed by atoms with Crippen LogP contribution in [-0.4, -0.2) is 119 Å². The van der Waals surface area contributed by atoms with Gasteiger partial charge in [-0.25, -0.2) is 9.36 Å². The van der Waals surface area contributed by atoms with Crippen molar-refractivity contribution >= 4 is 86.4 Å². The Morgan fingerprint density at radius 2 is 1.82 bits per heavy atom. The van der Waals surface area contributed by atoms with Gasteiger partial charge in [-0.15, -0.1) is 35.3 Å². The second kappa shape index (κ2) is 17.0. The number of aryl methyl sites for hydroxylation is 1. The summed E-state index contributed by atoms with van der Waals surface area (Å²) < 4.78 is 39.9. The number of thioether (sulfide) groups is 3. The number of morpholine rings is 1. The Bertz CT molecular complexity index is 1690. The van der Waals surface area contributed by atoms with Crippen molar-refractivity contribution in [1.82, 2.24) is 10.2 Å². The third-order valence-electron chi connectivity index (χ3n) is 8.60. The highest BCUT2D eigenvalue weighted by atomic mass is 35.5. The van der Waals surface area contributed by atoms with Crippen LogP contribution in [0.25, 0.3) is 0 Å². The summed E-state index contributed by atoms with van der Waals surface area (Å²) in [6.45, 7) is 5.22. The van der Waals surface area contributed by atoms with E-state index in [-0.39, 0.29) is 23.1 Å². The zero-order chi connectivity index (χ0) is 35.2. The monoisotopic (exact) mass is 792 g/mol. The minimum Gasteiger partial charge on any atom is -0.477 e. The number of hydrogen-bond donors (Lipinski definition) is 3. The van der Waals surface area contributed by atoms with Gasteiger partial charge in [-0.05, 0) is 23.8 Å². The van der Waals surface area contributed by atoms with E-state index in [1.54, 1.807) is 18.2 Å². The lowest BCUT2D eigenvalue weighted by Crippen LogP contribution is -2.70. The molecule has 3 aliphatic heterocycles. The molecule has 18 heteroatoms. The highest BCUT2D eigenvalue weighted by Crippen LogP contribution is 2.41. The fourth-order valence-corrected chi connectivity index (χ4v) is 10.2. The van der Waals surface area contributed by atoms with Crippen molar-refractivity contribution in [3.8, 4) is 0 Å². The lowest BCUT2D eigenvalue weighted by atomic mass is 10.0. The molecular weight excluding hydrogens is 756 g/mol. The van der Waals surface area contributed by atoms with E-state index in [2.05, 4.69) is 9.88 Å². The van der Waals surface area contributed by atoms with E-state index in [0.29, 0.717) is 58.2 Å². The Morgan fingerprint density at radius 3 is 2.51 bits per heavy atom. The molecule has 12 nitrogen and oxygen atoms in total. The molecule has 2 amide bonds. The van der Waals surface area contributed by atoms with Crippen molar-refractivity contribution in [2.24, 2.45) is 0 Å². The normalized spacial score (nSPS) is 20.5. The van der Waals surface area contributed by atoms with Gasteiger partial charge < -0.3 is 19.6 Å². The minimum atomic E-state index is -3.98. The second-order valence-corrected chi connectivity index (χ2v) is 17.6. The molecule has 1 aromatic heterocycles. The number of nitrogens with zero attached hydrogens (tertiary/aromatic N) is 3. The van der Waals surface area contributed by atoms with E-state index < -0.39 is 33.4 Å². The van der Waals surface area contributed by atoms with Crippen LogP contribution < -0.4 is 9.88 Å². The van der Waals surface area contributed by atoms with Crippen LogP contribution >= 0.6 is 58.5 Å². The van der Waals surface area contributed by atoms with Crippen LogP contribution in [0, 0.1) is 0 Å². The third-order valence-corrected chi connectivity index (χ3v) is 13.6. The number of halogens is 2. The number of β-lactam (4-membered cyclic amide) rings is 1. The maximum atomic E-state index is 13.1. The van der Waals surface area contributed by atoms with Crippen LogP contribution in [0.4, 0.5) is 0 Å². The number of benzene rings is 1. The van der Waals surface area contributed by atoms with E-state index in [9.17, 15) is 27.9 Å². The van der Waals surface area contributed by atoms with Gasteiger partial charge in [0, 0.05) is 44.9 Å². The first-order chi connectivity index (χ1) is 23.3. The number of pyridine rings is 1. The number of fused-ring (bicyclic) bond motifs is 1. The molecule has 0 unspecified atom stereocenters. The summed E-state index contributed by atoms with van der Waals surface area (Å²) in [4.78, 5) is 40.9. The topological polar surface area (TPSA) is 154 Å². The predicted molar refractivity (Wildman–Crippen MR) is 190 cm³/mol. The molecule has 0 aliphatic carbocycles. The van der Waals surface area contributed by atoms with Gasteiger partial charge in [0.25, 0.3) is 16.0 Å². The van der Waals surface area contributed by atoms with Crippen molar-refractivity contribution in [2.45, 2.75) is 40.6 Å². The average molecular weight is 794 g/mol. The Morgan fingerprint density at radius 1 is 1.10 bits per heavy atom. The zero-order valence-electron chi connectivity index (χ0n) is 26.5. The first kappa shape index (κ1) is 38.2. The SMILES string of the molecule is O=C(CSc1cc(Cl)ccc1Cl)N[C@H]1C(=O)N2C(C(=O)O)=C(CSc3cc[n+](CCC[N+]4(CCCS(=O)(=O)O)CCOCC4)cc3)CS[C@H]12. The Labute approximate surface area is 308 Å². The summed E-state index contributed by atoms with van der Waals surface area (Å²) in [6.07, 6.45) is 5.25. The van der Waals surface area contributed by atoms with Gasteiger partial charge in [-0.1, -0.05) is 23.2 Å². The fourth-order valence-electron chi connectivity index (χ4n) is 6.06.